The standard InChI is InChI=1S/C13H17N3/c1-14-9-13(16(2)3)11-5-4-10-6-7-15-12(10)8-11/h4-8,13,15H,1,9H2,2-3H3. The Morgan fingerprint density at radius 3 is 2.88 bits per heavy atom. The van der Waals surface area contributed by atoms with Gasteiger partial charge in [-0.25, -0.2) is 0 Å². The number of H-pyrrole nitrogens is 1. The number of aromatic amines is 1. The highest BCUT2D eigenvalue weighted by Gasteiger charge is 2.13. The second-order valence-corrected chi connectivity index (χ2v) is 4.21. The molecule has 0 saturated heterocycles. The highest BCUT2D eigenvalue weighted by atomic mass is 15.1. The molecule has 3 nitrogen and oxygen atoms in total. The predicted molar refractivity (Wildman–Crippen MR) is 69.1 cm³/mol. The molecule has 0 fully saturated rings. The number of nitrogens with one attached hydrogen (secondary N) is 1. The lowest BCUT2D eigenvalue weighted by molar-refractivity contribution is 0.307. The minimum absolute atomic E-state index is 0.296. The second kappa shape index (κ2) is 4.49. The summed E-state index contributed by atoms with van der Waals surface area (Å²) >= 11 is 0. The van der Waals surface area contributed by atoms with Gasteiger partial charge < -0.3 is 9.88 Å². The molecule has 0 aliphatic carbocycles. The summed E-state index contributed by atoms with van der Waals surface area (Å²) in [5.41, 5.74) is 2.45. The third-order valence-electron chi connectivity index (χ3n) is 2.89. The van der Waals surface area contributed by atoms with E-state index in [2.05, 4.69) is 60.0 Å². The van der Waals surface area contributed by atoms with E-state index in [-0.39, 0.29) is 0 Å². The van der Waals surface area contributed by atoms with Crippen molar-refractivity contribution in [3.8, 4) is 0 Å². The molecule has 2 aromatic rings. The van der Waals surface area contributed by atoms with E-state index in [4.69, 9.17) is 0 Å². The van der Waals surface area contributed by atoms with Crippen LogP contribution in [-0.2, 0) is 0 Å². The van der Waals surface area contributed by atoms with Gasteiger partial charge in [0, 0.05) is 11.7 Å². The van der Waals surface area contributed by atoms with Crippen molar-refractivity contribution in [1.82, 2.24) is 9.88 Å². The Morgan fingerprint density at radius 1 is 1.38 bits per heavy atom. The van der Waals surface area contributed by atoms with Gasteiger partial charge in [0.2, 0.25) is 0 Å². The average Bonchev–Trinajstić information content (AvgIpc) is 2.72. The Morgan fingerprint density at radius 2 is 2.19 bits per heavy atom. The monoisotopic (exact) mass is 215 g/mol. The maximum atomic E-state index is 4.00. The fourth-order valence-corrected chi connectivity index (χ4v) is 1.96. The molecule has 1 heterocycles. The van der Waals surface area contributed by atoms with Crippen LogP contribution in [0.15, 0.2) is 35.5 Å². The van der Waals surface area contributed by atoms with Gasteiger partial charge >= 0.3 is 0 Å². The molecule has 16 heavy (non-hydrogen) atoms. The van der Waals surface area contributed by atoms with E-state index in [0.717, 1.165) is 6.54 Å². The smallest absolute Gasteiger partial charge is 0.0579 e. The summed E-state index contributed by atoms with van der Waals surface area (Å²) < 4.78 is 0. The molecule has 1 N–H and O–H groups in total. The number of hydrogen-bond donors (Lipinski definition) is 1. The fourth-order valence-electron chi connectivity index (χ4n) is 1.96. The number of hydrogen-bond acceptors (Lipinski definition) is 2. The number of aliphatic imine (C=N–C) groups is 1. The number of nitrogens with zero attached hydrogens (tertiary/aromatic N) is 2. The first kappa shape index (κ1) is 10.9. The van der Waals surface area contributed by atoms with Crippen molar-refractivity contribution >= 4 is 17.6 Å². The van der Waals surface area contributed by atoms with E-state index in [1.807, 2.05) is 6.20 Å². The van der Waals surface area contributed by atoms with E-state index in [9.17, 15) is 0 Å². The number of aromatic nitrogens is 1. The Bertz CT molecular complexity index is 485. The van der Waals surface area contributed by atoms with Gasteiger partial charge in [0.05, 0.1) is 12.6 Å². The number of benzene rings is 1. The molecular formula is C13H17N3. The predicted octanol–water partition coefficient (Wildman–Crippen LogP) is 2.47. The summed E-state index contributed by atoms with van der Waals surface area (Å²) in [6.45, 7) is 4.30. The Kier molecular flexibility index (Phi) is 3.06. The minimum atomic E-state index is 0.296. The zero-order valence-electron chi connectivity index (χ0n) is 9.77. The molecule has 3 heteroatoms. The maximum Gasteiger partial charge on any atom is 0.0579 e. The van der Waals surface area contributed by atoms with Crippen molar-refractivity contribution in [1.29, 1.82) is 0 Å². The van der Waals surface area contributed by atoms with Crippen LogP contribution in [0.5, 0.6) is 0 Å². The molecule has 1 atom stereocenters. The molecule has 0 spiro atoms. The van der Waals surface area contributed by atoms with E-state index in [1.54, 1.807) is 0 Å². The number of likely N-dealkylation sites (N-methyl/N-ethyl adjacent to an activating group) is 1. The topological polar surface area (TPSA) is 31.4 Å². The van der Waals surface area contributed by atoms with E-state index in [0.29, 0.717) is 6.04 Å². The summed E-state index contributed by atoms with van der Waals surface area (Å²) in [6.07, 6.45) is 1.96. The fraction of sp³-hybridized carbons (Fsp3) is 0.308. The van der Waals surface area contributed by atoms with Gasteiger partial charge in [0.1, 0.15) is 0 Å². The first-order valence-electron chi connectivity index (χ1n) is 5.38. The molecule has 2 rings (SSSR count). The molecular weight excluding hydrogens is 198 g/mol. The van der Waals surface area contributed by atoms with Crippen molar-refractivity contribution < 1.29 is 0 Å². The van der Waals surface area contributed by atoms with Crippen LogP contribution >= 0.6 is 0 Å². The van der Waals surface area contributed by atoms with Crippen molar-refractivity contribution in [2.24, 2.45) is 4.99 Å². The van der Waals surface area contributed by atoms with Crippen LogP contribution in [0.3, 0.4) is 0 Å². The second-order valence-electron chi connectivity index (χ2n) is 4.21. The van der Waals surface area contributed by atoms with Gasteiger partial charge in [-0.05, 0) is 43.9 Å². The Hall–Kier alpha value is -1.61. The molecule has 0 aliphatic rings. The first-order valence-corrected chi connectivity index (χ1v) is 5.38. The van der Waals surface area contributed by atoms with Crippen LogP contribution in [0.4, 0.5) is 0 Å². The van der Waals surface area contributed by atoms with Gasteiger partial charge in [-0.1, -0.05) is 12.1 Å². The molecule has 0 radical (unpaired) electrons. The third-order valence-corrected chi connectivity index (χ3v) is 2.89. The lowest BCUT2D eigenvalue weighted by atomic mass is 10.0. The first-order chi connectivity index (χ1) is 7.72. The van der Waals surface area contributed by atoms with Gasteiger partial charge in [0.15, 0.2) is 0 Å². The maximum absolute atomic E-state index is 4.00. The van der Waals surface area contributed by atoms with Crippen molar-refractivity contribution in [2.45, 2.75) is 6.04 Å². The zero-order valence-corrected chi connectivity index (χ0v) is 9.77. The van der Waals surface area contributed by atoms with Crippen molar-refractivity contribution in [3.05, 3.63) is 36.0 Å². The molecule has 0 aliphatic heterocycles. The van der Waals surface area contributed by atoms with Crippen LogP contribution in [0.1, 0.15) is 11.6 Å². The highest BCUT2D eigenvalue weighted by molar-refractivity contribution is 5.80. The molecule has 0 amide bonds. The lowest BCUT2D eigenvalue weighted by Gasteiger charge is -2.22. The Balaban J connectivity index is 2.39. The van der Waals surface area contributed by atoms with Crippen LogP contribution in [0.2, 0.25) is 0 Å². The summed E-state index contributed by atoms with van der Waals surface area (Å²) in [7, 11) is 4.13. The van der Waals surface area contributed by atoms with Crippen molar-refractivity contribution in [3.63, 3.8) is 0 Å². The normalized spacial score (nSPS) is 13.2. The third kappa shape index (κ3) is 1.99. The van der Waals surface area contributed by atoms with Crippen LogP contribution in [0, 0.1) is 0 Å². The van der Waals surface area contributed by atoms with Gasteiger partial charge in [-0.15, -0.1) is 0 Å². The van der Waals surface area contributed by atoms with E-state index >= 15 is 0 Å². The molecule has 0 saturated carbocycles. The zero-order chi connectivity index (χ0) is 11.5. The molecule has 1 aromatic carbocycles. The summed E-state index contributed by atoms with van der Waals surface area (Å²) in [5.74, 6) is 0. The van der Waals surface area contributed by atoms with Crippen LogP contribution < -0.4 is 0 Å². The largest absolute Gasteiger partial charge is 0.361 e. The van der Waals surface area contributed by atoms with E-state index < -0.39 is 0 Å². The summed E-state index contributed by atoms with van der Waals surface area (Å²) in [6, 6.07) is 8.86. The SMILES string of the molecule is C=NCC(c1ccc2cc[nH]c2c1)N(C)C. The van der Waals surface area contributed by atoms with Crippen LogP contribution in [0.25, 0.3) is 10.9 Å². The summed E-state index contributed by atoms with van der Waals surface area (Å²) in [4.78, 5) is 9.40. The minimum Gasteiger partial charge on any atom is -0.361 e. The van der Waals surface area contributed by atoms with Gasteiger partial charge in [0.25, 0.3) is 0 Å². The molecule has 1 unspecified atom stereocenters. The van der Waals surface area contributed by atoms with Crippen LogP contribution in [-0.4, -0.2) is 37.2 Å². The number of rotatable bonds is 4. The molecule has 84 valence electrons. The lowest BCUT2D eigenvalue weighted by Crippen LogP contribution is -2.22. The van der Waals surface area contributed by atoms with Gasteiger partial charge in [-0.3, -0.25) is 4.99 Å². The van der Waals surface area contributed by atoms with Gasteiger partial charge in [-0.2, -0.15) is 0 Å². The average molecular weight is 215 g/mol. The molecule has 1 aromatic heterocycles. The quantitative estimate of drug-likeness (QED) is 0.780. The number of fused-ring (bicyclic) bond motifs is 1. The van der Waals surface area contributed by atoms with Crippen molar-refractivity contribution in [2.75, 3.05) is 20.6 Å². The van der Waals surface area contributed by atoms with E-state index in [1.165, 1.54) is 16.5 Å². The molecule has 0 bridgehead atoms. The summed E-state index contributed by atoms with van der Waals surface area (Å²) in [5, 5.41) is 1.24. The Labute approximate surface area is 95.8 Å². The highest BCUT2D eigenvalue weighted by Crippen LogP contribution is 2.22.